The van der Waals surface area contributed by atoms with E-state index in [4.69, 9.17) is 0 Å². The van der Waals surface area contributed by atoms with Crippen LogP contribution in [0, 0.1) is 5.41 Å². The Morgan fingerprint density at radius 2 is 1.64 bits per heavy atom. The number of benzene rings is 2. The van der Waals surface area contributed by atoms with Crippen LogP contribution >= 0.6 is 0 Å². The third-order valence-corrected chi connectivity index (χ3v) is 6.32. The first-order valence-corrected chi connectivity index (χ1v) is 9.60. The van der Waals surface area contributed by atoms with E-state index in [0.29, 0.717) is 0 Å². The second-order valence-electron chi connectivity index (χ2n) is 9.04. The summed E-state index contributed by atoms with van der Waals surface area (Å²) < 4.78 is 0. The summed E-state index contributed by atoms with van der Waals surface area (Å²) in [4.78, 5) is 0. The summed E-state index contributed by atoms with van der Waals surface area (Å²) in [7, 11) is 0. The zero-order valence-corrected chi connectivity index (χ0v) is 15.8. The van der Waals surface area contributed by atoms with Gasteiger partial charge in [0.25, 0.3) is 0 Å². The van der Waals surface area contributed by atoms with Gasteiger partial charge < -0.3 is 0 Å². The van der Waals surface area contributed by atoms with Crippen molar-refractivity contribution in [3.8, 4) is 11.1 Å². The SMILES string of the molecule is CC1=C(C(C)(C)C)C=C(c2c3c(cc4c2Cc2ccccc2-4)CC3)C1. The second kappa shape index (κ2) is 4.97. The molecule has 3 aliphatic carbocycles. The number of hydrogen-bond donors (Lipinski definition) is 0. The van der Waals surface area contributed by atoms with E-state index in [2.05, 4.69) is 64.1 Å². The molecule has 0 unspecified atom stereocenters. The van der Waals surface area contributed by atoms with Crippen molar-refractivity contribution in [3.05, 3.63) is 75.4 Å². The Kier molecular flexibility index (Phi) is 3.02. The van der Waals surface area contributed by atoms with Crippen LogP contribution in [0.1, 0.15) is 61.9 Å². The van der Waals surface area contributed by atoms with E-state index in [1.165, 1.54) is 29.5 Å². The molecule has 0 heterocycles. The van der Waals surface area contributed by atoms with Crippen molar-refractivity contribution < 1.29 is 0 Å². The van der Waals surface area contributed by atoms with Crippen molar-refractivity contribution in [2.24, 2.45) is 5.41 Å². The fraction of sp³-hybridized carbons (Fsp3) is 0.360. The zero-order chi connectivity index (χ0) is 17.3. The first-order chi connectivity index (χ1) is 11.9. The van der Waals surface area contributed by atoms with Crippen molar-refractivity contribution in [2.75, 3.05) is 0 Å². The van der Waals surface area contributed by atoms with Crippen LogP contribution in [0.15, 0.2) is 47.6 Å². The first-order valence-electron chi connectivity index (χ1n) is 9.60. The molecule has 0 N–H and O–H groups in total. The van der Waals surface area contributed by atoms with Gasteiger partial charge in [-0.1, -0.05) is 62.8 Å². The molecule has 0 fully saturated rings. The number of rotatable bonds is 1. The Balaban J connectivity index is 1.69. The molecular formula is C25H26. The third-order valence-electron chi connectivity index (χ3n) is 6.32. The number of aryl methyl sites for hydroxylation is 1. The maximum absolute atomic E-state index is 2.52. The van der Waals surface area contributed by atoms with Crippen LogP contribution in [0.5, 0.6) is 0 Å². The molecule has 5 rings (SSSR count). The van der Waals surface area contributed by atoms with Crippen LogP contribution in [0.25, 0.3) is 16.7 Å². The van der Waals surface area contributed by atoms with Crippen molar-refractivity contribution in [2.45, 2.75) is 53.4 Å². The molecule has 0 atom stereocenters. The second-order valence-corrected chi connectivity index (χ2v) is 9.04. The van der Waals surface area contributed by atoms with Gasteiger partial charge in [0.2, 0.25) is 0 Å². The summed E-state index contributed by atoms with van der Waals surface area (Å²) in [5.41, 5.74) is 15.8. The first kappa shape index (κ1) is 15.2. The van der Waals surface area contributed by atoms with E-state index in [1.54, 1.807) is 39.0 Å². The predicted molar refractivity (Wildman–Crippen MR) is 107 cm³/mol. The molecule has 25 heavy (non-hydrogen) atoms. The molecule has 0 spiro atoms. The summed E-state index contributed by atoms with van der Waals surface area (Å²) in [5, 5.41) is 0. The Hall–Kier alpha value is -2.08. The minimum absolute atomic E-state index is 0.236. The maximum Gasteiger partial charge on any atom is -0.000729 e. The van der Waals surface area contributed by atoms with Crippen LogP contribution in [-0.2, 0) is 19.3 Å². The molecule has 0 nitrogen and oxygen atoms in total. The van der Waals surface area contributed by atoms with E-state index in [9.17, 15) is 0 Å². The molecule has 0 aromatic heterocycles. The lowest BCUT2D eigenvalue weighted by Crippen LogP contribution is -2.14. The van der Waals surface area contributed by atoms with Crippen molar-refractivity contribution >= 4 is 5.57 Å². The van der Waals surface area contributed by atoms with E-state index in [1.807, 2.05) is 0 Å². The normalized spacial score (nSPS) is 17.8. The van der Waals surface area contributed by atoms with E-state index >= 15 is 0 Å². The summed E-state index contributed by atoms with van der Waals surface area (Å²) in [6.45, 7) is 9.35. The quantitative estimate of drug-likeness (QED) is 0.478. The van der Waals surface area contributed by atoms with E-state index in [0.717, 1.165) is 12.8 Å². The highest BCUT2D eigenvalue weighted by atomic mass is 14.4. The summed E-state index contributed by atoms with van der Waals surface area (Å²) in [5.74, 6) is 0. The molecule has 0 saturated carbocycles. The molecule has 0 bridgehead atoms. The van der Waals surface area contributed by atoms with Gasteiger partial charge in [-0.3, -0.25) is 0 Å². The number of fused-ring (bicyclic) bond motifs is 4. The standard InChI is InChI=1S/C25H26/c1-15-11-18(14-23(15)25(2,3)4)24-20-10-9-17(20)12-21-19-8-6-5-7-16(19)13-22(21)24/h5-8,12,14H,9-11,13H2,1-4H3. The lowest BCUT2D eigenvalue weighted by atomic mass is 9.77. The Morgan fingerprint density at radius 3 is 2.32 bits per heavy atom. The van der Waals surface area contributed by atoms with Gasteiger partial charge in [0, 0.05) is 0 Å². The fourth-order valence-corrected chi connectivity index (χ4v) is 5.10. The molecule has 2 aromatic carbocycles. The van der Waals surface area contributed by atoms with Gasteiger partial charge in [-0.05, 0) is 88.1 Å². The fourth-order valence-electron chi connectivity index (χ4n) is 5.10. The number of hydrogen-bond acceptors (Lipinski definition) is 0. The van der Waals surface area contributed by atoms with E-state index < -0.39 is 0 Å². The molecule has 3 aliphatic rings. The van der Waals surface area contributed by atoms with Crippen LogP contribution in [0.3, 0.4) is 0 Å². The van der Waals surface area contributed by atoms with Crippen molar-refractivity contribution in [1.82, 2.24) is 0 Å². The van der Waals surface area contributed by atoms with Crippen molar-refractivity contribution in [1.29, 1.82) is 0 Å². The summed E-state index contributed by atoms with van der Waals surface area (Å²) in [6.07, 6.45) is 7.27. The van der Waals surface area contributed by atoms with Gasteiger partial charge in [0.1, 0.15) is 0 Å². The number of allylic oxidation sites excluding steroid dienone is 4. The minimum Gasteiger partial charge on any atom is -0.0652 e. The summed E-state index contributed by atoms with van der Waals surface area (Å²) in [6, 6.07) is 11.5. The minimum atomic E-state index is 0.236. The third kappa shape index (κ3) is 2.13. The summed E-state index contributed by atoms with van der Waals surface area (Å²) >= 11 is 0. The predicted octanol–water partition coefficient (Wildman–Crippen LogP) is 6.51. The van der Waals surface area contributed by atoms with E-state index in [-0.39, 0.29) is 5.41 Å². The Bertz CT molecular complexity index is 974. The van der Waals surface area contributed by atoms with Crippen LogP contribution in [0.4, 0.5) is 0 Å². The van der Waals surface area contributed by atoms with Gasteiger partial charge in [-0.15, -0.1) is 0 Å². The highest BCUT2D eigenvalue weighted by Crippen LogP contribution is 2.49. The van der Waals surface area contributed by atoms with Crippen LogP contribution in [0.2, 0.25) is 0 Å². The lowest BCUT2D eigenvalue weighted by Gasteiger charge is -2.27. The van der Waals surface area contributed by atoms with Crippen LogP contribution < -0.4 is 0 Å². The smallest absolute Gasteiger partial charge is 0.000729 e. The maximum atomic E-state index is 2.52. The van der Waals surface area contributed by atoms with Crippen molar-refractivity contribution in [3.63, 3.8) is 0 Å². The highest BCUT2D eigenvalue weighted by Gasteiger charge is 2.32. The van der Waals surface area contributed by atoms with Gasteiger partial charge in [0.15, 0.2) is 0 Å². The Labute approximate surface area is 151 Å². The zero-order valence-electron chi connectivity index (χ0n) is 15.8. The topological polar surface area (TPSA) is 0 Å². The average molecular weight is 326 g/mol. The monoisotopic (exact) mass is 326 g/mol. The molecule has 2 aromatic rings. The lowest BCUT2D eigenvalue weighted by molar-refractivity contribution is 0.514. The highest BCUT2D eigenvalue weighted by molar-refractivity contribution is 5.88. The molecule has 0 amide bonds. The molecule has 0 saturated heterocycles. The Morgan fingerprint density at radius 1 is 0.840 bits per heavy atom. The molecule has 0 heteroatoms. The molecule has 0 aliphatic heterocycles. The van der Waals surface area contributed by atoms with Crippen LogP contribution in [-0.4, -0.2) is 0 Å². The van der Waals surface area contributed by atoms with Gasteiger partial charge in [-0.25, -0.2) is 0 Å². The van der Waals surface area contributed by atoms with Gasteiger partial charge in [-0.2, -0.15) is 0 Å². The molecular weight excluding hydrogens is 300 g/mol. The van der Waals surface area contributed by atoms with Gasteiger partial charge >= 0.3 is 0 Å². The largest absolute Gasteiger partial charge is 0.0652 e. The molecule has 126 valence electrons. The average Bonchev–Trinajstić information content (AvgIpc) is 3.09. The molecule has 0 radical (unpaired) electrons. The van der Waals surface area contributed by atoms with Gasteiger partial charge in [0.05, 0.1) is 0 Å².